The molecule has 54 valence electrons. The molecule has 11 heavy (non-hydrogen) atoms. The predicted molar refractivity (Wildman–Crippen MR) is 40.0 cm³/mol. The maximum Gasteiger partial charge on any atom is 1.00 e. The summed E-state index contributed by atoms with van der Waals surface area (Å²) in [5.74, 6) is -0.964. The Hall–Kier alpha value is 0.100. The van der Waals surface area contributed by atoms with Crippen molar-refractivity contribution in [1.82, 2.24) is 4.98 Å². The zero-order valence-electron chi connectivity index (χ0n) is 6.91. The minimum atomic E-state index is -0.964. The number of aromatic nitrogens is 1. The fraction of sp³-hybridized carbons (Fsp3) is 0. The topological polar surface area (TPSA) is 50.2 Å². The zero-order chi connectivity index (χ0) is 7.56. The second kappa shape index (κ2) is 4.87. The van der Waals surface area contributed by atoms with E-state index in [0.29, 0.717) is 4.47 Å². The molecule has 1 rings (SSSR count). The first kappa shape index (κ1) is 11.1. The number of nitrogens with zero attached hydrogens (tertiary/aromatic N) is 1. The molecule has 0 spiro atoms. The molecule has 0 radical (unpaired) electrons. The first-order chi connectivity index (χ1) is 4.70. The van der Waals surface area contributed by atoms with Crippen molar-refractivity contribution in [3.05, 3.63) is 28.5 Å². The van der Waals surface area contributed by atoms with E-state index in [1.807, 2.05) is 0 Å². The van der Waals surface area contributed by atoms with Gasteiger partial charge in [-0.05, 0) is 22.0 Å². The standard InChI is InChI=1S/C6H4BrNO2.Na.H/c7-5-1-4(6(9)10)2-8-3-5;;/h1-3H,(H,9,10);;/q;+1;-1. The third kappa shape index (κ3) is 3.33. The number of carbonyl (C=O) groups is 1. The van der Waals surface area contributed by atoms with Gasteiger partial charge in [0.25, 0.3) is 0 Å². The van der Waals surface area contributed by atoms with Crippen LogP contribution in [-0.2, 0) is 0 Å². The Morgan fingerprint density at radius 3 is 2.64 bits per heavy atom. The van der Waals surface area contributed by atoms with Crippen molar-refractivity contribution >= 4 is 21.9 Å². The van der Waals surface area contributed by atoms with Crippen LogP contribution in [0.3, 0.4) is 0 Å². The third-order valence-corrected chi connectivity index (χ3v) is 1.39. The first-order valence-electron chi connectivity index (χ1n) is 2.54. The monoisotopic (exact) mass is 225 g/mol. The van der Waals surface area contributed by atoms with E-state index in [9.17, 15) is 4.79 Å². The summed E-state index contributed by atoms with van der Waals surface area (Å²) in [6.45, 7) is 0. The number of hydrogen-bond donors (Lipinski definition) is 1. The van der Waals surface area contributed by atoms with Gasteiger partial charge in [-0.25, -0.2) is 4.79 Å². The number of carboxylic acid groups (broad SMARTS) is 1. The van der Waals surface area contributed by atoms with Gasteiger partial charge in [-0.1, -0.05) is 0 Å². The Kier molecular flexibility index (Phi) is 4.92. The second-order valence-corrected chi connectivity index (χ2v) is 2.61. The molecule has 0 aliphatic rings. The number of rotatable bonds is 1. The van der Waals surface area contributed by atoms with Crippen molar-refractivity contribution in [2.75, 3.05) is 0 Å². The van der Waals surface area contributed by atoms with Gasteiger partial charge in [-0.3, -0.25) is 4.98 Å². The quantitative estimate of drug-likeness (QED) is 0.603. The molecule has 0 unspecified atom stereocenters. The van der Waals surface area contributed by atoms with Crippen molar-refractivity contribution in [2.24, 2.45) is 0 Å². The van der Waals surface area contributed by atoms with E-state index < -0.39 is 5.97 Å². The summed E-state index contributed by atoms with van der Waals surface area (Å²) in [5, 5.41) is 8.45. The van der Waals surface area contributed by atoms with Crippen LogP contribution >= 0.6 is 15.9 Å². The van der Waals surface area contributed by atoms with E-state index in [4.69, 9.17) is 5.11 Å². The number of pyridine rings is 1. The van der Waals surface area contributed by atoms with E-state index in [-0.39, 0.29) is 36.5 Å². The van der Waals surface area contributed by atoms with Gasteiger partial charge in [0.15, 0.2) is 0 Å². The molecule has 1 aromatic rings. The molecule has 1 heterocycles. The fourth-order valence-electron chi connectivity index (χ4n) is 0.529. The van der Waals surface area contributed by atoms with Crippen molar-refractivity contribution in [3.63, 3.8) is 0 Å². The van der Waals surface area contributed by atoms with E-state index >= 15 is 0 Å². The average Bonchev–Trinajstić information content (AvgIpc) is 1.88. The summed E-state index contributed by atoms with van der Waals surface area (Å²) >= 11 is 3.10. The SMILES string of the molecule is O=C(O)c1cncc(Br)c1.[H-].[Na+]. The van der Waals surface area contributed by atoms with Gasteiger partial charge in [0, 0.05) is 16.9 Å². The molecule has 1 N–H and O–H groups in total. The van der Waals surface area contributed by atoms with E-state index in [2.05, 4.69) is 20.9 Å². The molecule has 0 aliphatic heterocycles. The average molecular weight is 226 g/mol. The van der Waals surface area contributed by atoms with Gasteiger partial charge in [-0.2, -0.15) is 0 Å². The van der Waals surface area contributed by atoms with Crippen molar-refractivity contribution < 1.29 is 40.9 Å². The number of carboxylic acids is 1. The second-order valence-electron chi connectivity index (χ2n) is 1.70. The summed E-state index contributed by atoms with van der Waals surface area (Å²) in [6, 6.07) is 1.50. The van der Waals surface area contributed by atoms with E-state index in [1.165, 1.54) is 18.5 Å². The van der Waals surface area contributed by atoms with Crippen LogP contribution in [0.2, 0.25) is 0 Å². The maximum atomic E-state index is 10.3. The Balaban J connectivity index is 0. The van der Waals surface area contributed by atoms with Gasteiger partial charge in [0.05, 0.1) is 5.56 Å². The minimum Gasteiger partial charge on any atom is -1.00 e. The third-order valence-electron chi connectivity index (χ3n) is 0.952. The first-order valence-corrected chi connectivity index (χ1v) is 3.33. The minimum absolute atomic E-state index is 0. The molecule has 1 aromatic heterocycles. The zero-order valence-corrected chi connectivity index (χ0v) is 9.50. The van der Waals surface area contributed by atoms with Crippen LogP contribution < -0.4 is 29.6 Å². The molecule has 0 amide bonds. The van der Waals surface area contributed by atoms with Crippen LogP contribution in [0.15, 0.2) is 22.9 Å². The Bertz CT molecular complexity index is 271. The van der Waals surface area contributed by atoms with Crippen LogP contribution in [0, 0.1) is 0 Å². The summed E-state index contributed by atoms with van der Waals surface area (Å²) < 4.78 is 0.674. The van der Waals surface area contributed by atoms with Crippen LogP contribution in [0.5, 0.6) is 0 Å². The van der Waals surface area contributed by atoms with Gasteiger partial charge in [0.2, 0.25) is 0 Å². The molecule has 0 saturated carbocycles. The van der Waals surface area contributed by atoms with Gasteiger partial charge in [0.1, 0.15) is 0 Å². The smallest absolute Gasteiger partial charge is 1.00 e. The molecule has 5 heteroatoms. The van der Waals surface area contributed by atoms with Crippen LogP contribution in [0.4, 0.5) is 0 Å². The summed E-state index contributed by atoms with van der Waals surface area (Å²) in [6.07, 6.45) is 2.83. The van der Waals surface area contributed by atoms with Crippen LogP contribution in [0.25, 0.3) is 0 Å². The predicted octanol–water partition coefficient (Wildman–Crippen LogP) is -1.34. The molecule has 0 bridgehead atoms. The Labute approximate surface area is 95.7 Å². The Morgan fingerprint density at radius 2 is 2.27 bits per heavy atom. The summed E-state index contributed by atoms with van der Waals surface area (Å²) in [4.78, 5) is 14.0. The molecule has 3 nitrogen and oxygen atoms in total. The van der Waals surface area contributed by atoms with Crippen molar-refractivity contribution in [2.45, 2.75) is 0 Å². The van der Waals surface area contributed by atoms with Crippen LogP contribution in [-0.4, -0.2) is 16.1 Å². The molecular weight excluding hydrogens is 221 g/mol. The van der Waals surface area contributed by atoms with Gasteiger partial charge in [-0.15, -0.1) is 0 Å². The largest absolute Gasteiger partial charge is 1.00 e. The Morgan fingerprint density at radius 1 is 1.64 bits per heavy atom. The maximum absolute atomic E-state index is 10.3. The molecular formula is C6H5BrNNaO2. The number of halogens is 1. The fourth-order valence-corrected chi connectivity index (χ4v) is 0.894. The van der Waals surface area contributed by atoms with Gasteiger partial charge < -0.3 is 6.53 Å². The van der Waals surface area contributed by atoms with E-state index in [1.54, 1.807) is 0 Å². The van der Waals surface area contributed by atoms with Crippen molar-refractivity contribution in [1.29, 1.82) is 0 Å². The number of hydrogen-bond acceptors (Lipinski definition) is 2. The molecule has 0 fully saturated rings. The number of aromatic carboxylic acids is 1. The van der Waals surface area contributed by atoms with Gasteiger partial charge >= 0.3 is 35.5 Å². The van der Waals surface area contributed by atoms with Crippen LogP contribution in [0.1, 0.15) is 11.8 Å². The van der Waals surface area contributed by atoms with Crippen molar-refractivity contribution in [3.8, 4) is 0 Å². The van der Waals surface area contributed by atoms with E-state index in [0.717, 1.165) is 0 Å². The molecule has 0 aliphatic carbocycles. The normalized spacial score (nSPS) is 8.45. The summed E-state index contributed by atoms with van der Waals surface area (Å²) in [5.41, 5.74) is 0.189. The molecule has 0 saturated heterocycles. The molecule has 0 aromatic carbocycles. The molecule has 0 atom stereocenters. The summed E-state index contributed by atoms with van der Waals surface area (Å²) in [7, 11) is 0.